The van der Waals surface area contributed by atoms with Gasteiger partial charge in [-0.1, -0.05) is 0 Å². The lowest BCUT2D eigenvalue weighted by atomic mass is 10.1. The van der Waals surface area contributed by atoms with Gasteiger partial charge in [0.15, 0.2) is 0 Å². The zero-order chi connectivity index (χ0) is 14.4. The molecule has 7 nitrogen and oxygen atoms in total. The lowest BCUT2D eigenvalue weighted by molar-refractivity contribution is -0.137. The lowest BCUT2D eigenvalue weighted by Gasteiger charge is -2.12. The van der Waals surface area contributed by atoms with Gasteiger partial charge in [0.25, 0.3) is 5.91 Å². The Kier molecular flexibility index (Phi) is 4.99. The van der Waals surface area contributed by atoms with Crippen LogP contribution in [0.2, 0.25) is 0 Å². The number of aliphatic carboxylic acids is 1. The number of nitrogens with two attached hydrogens (primary N) is 1. The summed E-state index contributed by atoms with van der Waals surface area (Å²) in [6.45, 7) is 1.71. The molecule has 1 aromatic heterocycles. The van der Waals surface area contributed by atoms with E-state index in [2.05, 4.69) is 10.3 Å². The Morgan fingerprint density at radius 1 is 1.42 bits per heavy atom. The van der Waals surface area contributed by atoms with Gasteiger partial charge >= 0.3 is 5.97 Å². The van der Waals surface area contributed by atoms with Crippen molar-refractivity contribution in [3.05, 3.63) is 29.6 Å². The topological polar surface area (TPSA) is 122 Å². The molecule has 0 aromatic carbocycles. The number of pyridine rings is 1. The Labute approximate surface area is 109 Å². The zero-order valence-corrected chi connectivity index (χ0v) is 10.4. The van der Waals surface area contributed by atoms with Crippen molar-refractivity contribution in [2.24, 2.45) is 5.73 Å². The molecule has 4 N–H and O–H groups in total. The summed E-state index contributed by atoms with van der Waals surface area (Å²) in [7, 11) is 0. The highest BCUT2D eigenvalue weighted by atomic mass is 16.4. The number of primary amides is 1. The second kappa shape index (κ2) is 6.48. The molecule has 0 saturated heterocycles. The molecule has 0 saturated carbocycles. The van der Waals surface area contributed by atoms with E-state index in [1.165, 1.54) is 18.3 Å². The fourth-order valence-electron chi connectivity index (χ4n) is 1.38. The van der Waals surface area contributed by atoms with Crippen LogP contribution in [0.15, 0.2) is 18.3 Å². The summed E-state index contributed by atoms with van der Waals surface area (Å²) in [5, 5.41) is 11.1. The van der Waals surface area contributed by atoms with Gasteiger partial charge in [-0.05, 0) is 25.5 Å². The van der Waals surface area contributed by atoms with Crippen LogP contribution >= 0.6 is 0 Å². The van der Waals surface area contributed by atoms with E-state index in [9.17, 15) is 14.4 Å². The van der Waals surface area contributed by atoms with Crippen LogP contribution in [0.1, 0.15) is 40.6 Å². The van der Waals surface area contributed by atoms with Gasteiger partial charge in [-0.2, -0.15) is 0 Å². The van der Waals surface area contributed by atoms with Crippen molar-refractivity contribution < 1.29 is 19.5 Å². The van der Waals surface area contributed by atoms with E-state index in [1.54, 1.807) is 6.92 Å². The molecule has 1 unspecified atom stereocenters. The molecular weight excluding hydrogens is 250 g/mol. The molecule has 0 aliphatic carbocycles. The van der Waals surface area contributed by atoms with Crippen LogP contribution in [0.5, 0.6) is 0 Å². The van der Waals surface area contributed by atoms with Gasteiger partial charge in [-0.25, -0.2) is 0 Å². The monoisotopic (exact) mass is 265 g/mol. The Bertz CT molecular complexity index is 484. The van der Waals surface area contributed by atoms with Gasteiger partial charge < -0.3 is 16.2 Å². The first-order valence-electron chi connectivity index (χ1n) is 5.68. The summed E-state index contributed by atoms with van der Waals surface area (Å²) >= 11 is 0. The van der Waals surface area contributed by atoms with E-state index < -0.39 is 17.8 Å². The number of amides is 2. The van der Waals surface area contributed by atoms with Crippen LogP contribution in [-0.4, -0.2) is 33.9 Å². The highest BCUT2D eigenvalue weighted by Crippen LogP contribution is 2.02. The maximum absolute atomic E-state index is 11.7. The van der Waals surface area contributed by atoms with Crippen LogP contribution < -0.4 is 11.1 Å². The first kappa shape index (κ1) is 14.6. The molecule has 1 aromatic rings. The molecule has 0 spiro atoms. The smallest absolute Gasteiger partial charge is 0.303 e. The predicted molar refractivity (Wildman–Crippen MR) is 66.6 cm³/mol. The molecule has 0 aliphatic rings. The van der Waals surface area contributed by atoms with Crippen LogP contribution in [-0.2, 0) is 4.79 Å². The van der Waals surface area contributed by atoms with Gasteiger partial charge in [0.1, 0.15) is 5.69 Å². The van der Waals surface area contributed by atoms with Crippen molar-refractivity contribution in [3.63, 3.8) is 0 Å². The molecule has 1 heterocycles. The quantitative estimate of drug-likeness (QED) is 0.676. The van der Waals surface area contributed by atoms with Crippen molar-refractivity contribution in [2.45, 2.75) is 25.8 Å². The number of aromatic nitrogens is 1. The number of nitrogens with one attached hydrogen (secondary N) is 1. The highest BCUT2D eigenvalue weighted by molar-refractivity contribution is 5.95. The van der Waals surface area contributed by atoms with Gasteiger partial charge in [-0.15, -0.1) is 0 Å². The number of carboxylic acids is 1. The summed E-state index contributed by atoms with van der Waals surface area (Å²) in [6.07, 6.45) is 1.54. The van der Waals surface area contributed by atoms with Gasteiger partial charge in [0, 0.05) is 18.7 Å². The standard InChI is InChI=1S/C12H15N3O4/c1-7(2-5-10(16)17)15-12(19)9-4-3-8(6-14-9)11(13)18/h3-4,6-7H,2,5H2,1H3,(H2,13,18)(H,15,19)(H,16,17). The van der Waals surface area contributed by atoms with E-state index in [4.69, 9.17) is 10.8 Å². The summed E-state index contributed by atoms with van der Waals surface area (Å²) in [5.41, 5.74) is 5.42. The molecule has 102 valence electrons. The molecule has 0 bridgehead atoms. The third kappa shape index (κ3) is 4.74. The third-order valence-electron chi connectivity index (χ3n) is 2.45. The van der Waals surface area contributed by atoms with E-state index in [-0.39, 0.29) is 23.7 Å². The zero-order valence-electron chi connectivity index (χ0n) is 10.4. The number of hydrogen-bond acceptors (Lipinski definition) is 4. The number of carbonyl (C=O) groups excluding carboxylic acids is 2. The second-order valence-electron chi connectivity index (χ2n) is 4.10. The number of rotatable bonds is 6. The van der Waals surface area contributed by atoms with E-state index in [0.29, 0.717) is 6.42 Å². The Morgan fingerprint density at radius 2 is 2.11 bits per heavy atom. The molecule has 1 atom stereocenters. The first-order valence-corrected chi connectivity index (χ1v) is 5.68. The average Bonchev–Trinajstić information content (AvgIpc) is 2.36. The third-order valence-corrected chi connectivity index (χ3v) is 2.45. The molecule has 7 heteroatoms. The predicted octanol–water partition coefficient (Wildman–Crippen LogP) is 0.164. The van der Waals surface area contributed by atoms with Gasteiger partial charge in [0.05, 0.1) is 5.56 Å². The van der Waals surface area contributed by atoms with Crippen molar-refractivity contribution in [1.29, 1.82) is 0 Å². The van der Waals surface area contributed by atoms with Crippen LogP contribution in [0.3, 0.4) is 0 Å². The normalized spacial score (nSPS) is 11.6. The minimum Gasteiger partial charge on any atom is -0.481 e. The first-order chi connectivity index (χ1) is 8.90. The van der Waals surface area contributed by atoms with Crippen molar-refractivity contribution in [1.82, 2.24) is 10.3 Å². The number of nitrogens with zero attached hydrogens (tertiary/aromatic N) is 1. The molecule has 0 fully saturated rings. The summed E-state index contributed by atoms with van der Waals surface area (Å²) in [4.78, 5) is 36.8. The summed E-state index contributed by atoms with van der Waals surface area (Å²) in [6, 6.07) is 2.52. The second-order valence-corrected chi connectivity index (χ2v) is 4.10. The van der Waals surface area contributed by atoms with Crippen LogP contribution in [0.4, 0.5) is 0 Å². The van der Waals surface area contributed by atoms with E-state index >= 15 is 0 Å². The van der Waals surface area contributed by atoms with Crippen molar-refractivity contribution in [3.8, 4) is 0 Å². The Hall–Kier alpha value is -2.44. The minimum absolute atomic E-state index is 0.0184. The van der Waals surface area contributed by atoms with Crippen molar-refractivity contribution in [2.75, 3.05) is 0 Å². The molecular formula is C12H15N3O4. The van der Waals surface area contributed by atoms with Crippen LogP contribution in [0, 0.1) is 0 Å². The number of hydrogen-bond donors (Lipinski definition) is 3. The van der Waals surface area contributed by atoms with E-state index in [1.807, 2.05) is 0 Å². The summed E-state index contributed by atoms with van der Waals surface area (Å²) < 4.78 is 0. The molecule has 1 rings (SSSR count). The van der Waals surface area contributed by atoms with Gasteiger partial charge in [0.2, 0.25) is 5.91 Å². The average molecular weight is 265 g/mol. The highest BCUT2D eigenvalue weighted by Gasteiger charge is 2.12. The van der Waals surface area contributed by atoms with Crippen LogP contribution in [0.25, 0.3) is 0 Å². The van der Waals surface area contributed by atoms with E-state index in [0.717, 1.165) is 0 Å². The maximum Gasteiger partial charge on any atom is 0.303 e. The van der Waals surface area contributed by atoms with Gasteiger partial charge in [-0.3, -0.25) is 19.4 Å². The fraction of sp³-hybridized carbons (Fsp3) is 0.333. The van der Waals surface area contributed by atoms with Crippen molar-refractivity contribution >= 4 is 17.8 Å². The SMILES string of the molecule is CC(CCC(=O)O)NC(=O)c1ccc(C(N)=O)cn1. The molecule has 0 aliphatic heterocycles. The Balaban J connectivity index is 2.58. The largest absolute Gasteiger partial charge is 0.481 e. The maximum atomic E-state index is 11.7. The summed E-state index contributed by atoms with van der Waals surface area (Å²) in [5.74, 6) is -1.95. The Morgan fingerprint density at radius 3 is 2.58 bits per heavy atom. The molecule has 2 amide bonds. The minimum atomic E-state index is -0.912. The molecule has 19 heavy (non-hydrogen) atoms. The lowest BCUT2D eigenvalue weighted by Crippen LogP contribution is -2.33. The fourth-order valence-corrected chi connectivity index (χ4v) is 1.38. The number of carboxylic acid groups (broad SMARTS) is 1. The number of carbonyl (C=O) groups is 3. The molecule has 0 radical (unpaired) electrons.